The molecule has 0 fully saturated rings. The summed E-state index contributed by atoms with van der Waals surface area (Å²) in [6.07, 6.45) is 4.58. The third-order valence-electron chi connectivity index (χ3n) is 2.28. The van der Waals surface area contributed by atoms with Gasteiger partial charge >= 0.3 is 13.1 Å². The molecule has 5 heteroatoms. The summed E-state index contributed by atoms with van der Waals surface area (Å²) in [6, 6.07) is 0. The lowest BCUT2D eigenvalue weighted by Gasteiger charge is -2.21. The molecule has 1 aliphatic carbocycles. The van der Waals surface area contributed by atoms with E-state index in [9.17, 15) is 4.79 Å². The van der Waals surface area contributed by atoms with Crippen LogP contribution in [0.4, 0.5) is 0 Å². The smallest absolute Gasteiger partial charge is 0.458 e. The summed E-state index contributed by atoms with van der Waals surface area (Å²) >= 11 is 0. The number of rotatable bonds is 2. The topological polar surface area (TPSA) is 66.8 Å². The minimum absolute atomic E-state index is 0.234. The van der Waals surface area contributed by atoms with Gasteiger partial charge in [0.05, 0.1) is 13.0 Å². The van der Waals surface area contributed by atoms with Gasteiger partial charge in [-0.05, 0) is 12.8 Å². The van der Waals surface area contributed by atoms with Crippen molar-refractivity contribution in [2.45, 2.75) is 18.7 Å². The Balaban J connectivity index is 2.55. The van der Waals surface area contributed by atoms with Crippen LogP contribution < -0.4 is 0 Å². The lowest BCUT2D eigenvalue weighted by atomic mass is 9.66. The Morgan fingerprint density at radius 3 is 2.85 bits per heavy atom. The molecule has 2 atom stereocenters. The van der Waals surface area contributed by atoms with Crippen LogP contribution in [-0.4, -0.2) is 30.2 Å². The maximum Gasteiger partial charge on any atom is 0.458 e. The van der Waals surface area contributed by atoms with Gasteiger partial charge < -0.3 is 14.8 Å². The quantitative estimate of drug-likeness (QED) is 0.359. The SMILES string of the molecule is COC(=O)C1CC=CC(B(O)O)C1. The van der Waals surface area contributed by atoms with Crippen molar-refractivity contribution in [3.63, 3.8) is 0 Å². The summed E-state index contributed by atoms with van der Waals surface area (Å²) in [5.41, 5.74) is 0. The number of esters is 1. The lowest BCUT2D eigenvalue weighted by Crippen LogP contribution is -2.27. The maximum absolute atomic E-state index is 11.1. The van der Waals surface area contributed by atoms with Crippen LogP contribution in [0.2, 0.25) is 5.82 Å². The number of carbonyl (C=O) groups is 1. The molecular formula is C8H13BO4. The van der Waals surface area contributed by atoms with E-state index in [0.29, 0.717) is 12.8 Å². The Hall–Kier alpha value is -0.805. The van der Waals surface area contributed by atoms with E-state index in [1.54, 1.807) is 12.2 Å². The molecular weight excluding hydrogens is 171 g/mol. The fourth-order valence-corrected chi connectivity index (χ4v) is 1.50. The van der Waals surface area contributed by atoms with E-state index in [2.05, 4.69) is 4.74 Å². The summed E-state index contributed by atoms with van der Waals surface area (Å²) in [4.78, 5) is 11.1. The molecule has 1 aliphatic rings. The highest BCUT2D eigenvalue weighted by Gasteiger charge is 2.30. The van der Waals surface area contributed by atoms with Gasteiger partial charge in [0, 0.05) is 5.82 Å². The summed E-state index contributed by atoms with van der Waals surface area (Å²) < 4.78 is 4.58. The number of hydrogen-bond donors (Lipinski definition) is 2. The van der Waals surface area contributed by atoms with Crippen molar-refractivity contribution >= 4 is 13.1 Å². The van der Waals surface area contributed by atoms with Crippen LogP contribution in [0.15, 0.2) is 12.2 Å². The van der Waals surface area contributed by atoms with Gasteiger partial charge in [0.2, 0.25) is 0 Å². The Morgan fingerprint density at radius 2 is 2.31 bits per heavy atom. The first-order valence-corrected chi connectivity index (χ1v) is 4.25. The minimum atomic E-state index is -1.39. The standard InChI is InChI=1S/C8H13BO4/c1-13-8(10)6-3-2-4-7(5-6)9(11)12/h2,4,6-7,11-12H,3,5H2,1H3. The zero-order valence-electron chi connectivity index (χ0n) is 7.51. The van der Waals surface area contributed by atoms with Crippen LogP contribution in [0, 0.1) is 5.92 Å². The number of ether oxygens (including phenoxy) is 1. The Bertz CT molecular complexity index is 214. The molecule has 72 valence electrons. The van der Waals surface area contributed by atoms with Crippen LogP contribution in [0.5, 0.6) is 0 Å². The largest absolute Gasteiger partial charge is 0.469 e. The second-order valence-corrected chi connectivity index (χ2v) is 3.20. The van der Waals surface area contributed by atoms with E-state index >= 15 is 0 Å². The number of carbonyl (C=O) groups excluding carboxylic acids is 1. The number of allylic oxidation sites excluding steroid dienone is 2. The average Bonchev–Trinajstić information content (AvgIpc) is 2.17. The predicted octanol–water partition coefficient (Wildman–Crippen LogP) is -0.0314. The van der Waals surface area contributed by atoms with Crippen molar-refractivity contribution in [1.29, 1.82) is 0 Å². The first-order valence-electron chi connectivity index (χ1n) is 4.25. The number of methoxy groups -OCH3 is 1. The Morgan fingerprint density at radius 1 is 1.62 bits per heavy atom. The van der Waals surface area contributed by atoms with E-state index in [-0.39, 0.29) is 17.7 Å². The molecule has 2 unspecified atom stereocenters. The third kappa shape index (κ3) is 2.57. The second-order valence-electron chi connectivity index (χ2n) is 3.20. The Kier molecular flexibility index (Phi) is 3.51. The van der Waals surface area contributed by atoms with E-state index in [1.807, 2.05) is 0 Å². The molecule has 2 N–H and O–H groups in total. The molecule has 0 heterocycles. The molecule has 0 aliphatic heterocycles. The molecule has 0 radical (unpaired) electrons. The third-order valence-corrected chi connectivity index (χ3v) is 2.28. The highest BCUT2D eigenvalue weighted by Crippen LogP contribution is 2.29. The summed E-state index contributed by atoms with van der Waals surface area (Å²) in [5, 5.41) is 17.8. The molecule has 0 spiro atoms. The molecule has 0 saturated carbocycles. The first kappa shape index (κ1) is 10.3. The molecule has 0 amide bonds. The fourth-order valence-electron chi connectivity index (χ4n) is 1.50. The average molecular weight is 184 g/mol. The van der Waals surface area contributed by atoms with Crippen LogP contribution in [0.1, 0.15) is 12.8 Å². The molecule has 0 aromatic heterocycles. The van der Waals surface area contributed by atoms with Gasteiger partial charge in [-0.3, -0.25) is 4.79 Å². The Labute approximate surface area is 77.4 Å². The van der Waals surface area contributed by atoms with Crippen molar-refractivity contribution in [2.75, 3.05) is 7.11 Å². The molecule has 13 heavy (non-hydrogen) atoms. The van der Waals surface area contributed by atoms with Crippen molar-refractivity contribution in [2.24, 2.45) is 5.92 Å². The van der Waals surface area contributed by atoms with Crippen molar-refractivity contribution in [3.05, 3.63) is 12.2 Å². The van der Waals surface area contributed by atoms with Gasteiger partial charge in [-0.1, -0.05) is 12.2 Å². The van der Waals surface area contributed by atoms with Crippen molar-refractivity contribution in [3.8, 4) is 0 Å². The maximum atomic E-state index is 11.1. The molecule has 0 aromatic carbocycles. The monoisotopic (exact) mass is 184 g/mol. The summed E-state index contributed by atoms with van der Waals surface area (Å²) in [7, 11) is -0.0471. The lowest BCUT2D eigenvalue weighted by molar-refractivity contribution is -0.145. The minimum Gasteiger partial charge on any atom is -0.469 e. The molecule has 0 aromatic rings. The van der Waals surface area contributed by atoms with Gasteiger partial charge in [0.15, 0.2) is 0 Å². The van der Waals surface area contributed by atoms with Gasteiger partial charge in [0.25, 0.3) is 0 Å². The van der Waals surface area contributed by atoms with Gasteiger partial charge in [-0.2, -0.15) is 0 Å². The highest BCUT2D eigenvalue weighted by molar-refractivity contribution is 6.44. The molecule has 0 bridgehead atoms. The van der Waals surface area contributed by atoms with Gasteiger partial charge in [0.1, 0.15) is 0 Å². The van der Waals surface area contributed by atoms with Gasteiger partial charge in [-0.25, -0.2) is 0 Å². The molecule has 0 saturated heterocycles. The second kappa shape index (κ2) is 4.44. The normalized spacial score (nSPS) is 27.0. The van der Waals surface area contributed by atoms with Crippen LogP contribution in [0.25, 0.3) is 0 Å². The number of hydrogen-bond acceptors (Lipinski definition) is 4. The van der Waals surface area contributed by atoms with Crippen LogP contribution in [0.3, 0.4) is 0 Å². The summed E-state index contributed by atoms with van der Waals surface area (Å²) in [5.74, 6) is -0.866. The van der Waals surface area contributed by atoms with E-state index in [0.717, 1.165) is 0 Å². The van der Waals surface area contributed by atoms with E-state index in [1.165, 1.54) is 7.11 Å². The predicted molar refractivity (Wildman–Crippen MR) is 47.8 cm³/mol. The van der Waals surface area contributed by atoms with Crippen LogP contribution in [-0.2, 0) is 9.53 Å². The van der Waals surface area contributed by atoms with Gasteiger partial charge in [-0.15, -0.1) is 0 Å². The first-order chi connectivity index (χ1) is 6.15. The summed E-state index contributed by atoms with van der Waals surface area (Å²) in [6.45, 7) is 0. The highest BCUT2D eigenvalue weighted by atomic mass is 16.5. The molecule has 1 rings (SSSR count). The zero-order valence-corrected chi connectivity index (χ0v) is 7.51. The van der Waals surface area contributed by atoms with Crippen molar-refractivity contribution < 1.29 is 19.6 Å². The van der Waals surface area contributed by atoms with E-state index < -0.39 is 7.12 Å². The fraction of sp³-hybridized carbons (Fsp3) is 0.625. The molecule has 4 nitrogen and oxygen atoms in total. The van der Waals surface area contributed by atoms with Crippen molar-refractivity contribution in [1.82, 2.24) is 0 Å². The van der Waals surface area contributed by atoms with E-state index in [4.69, 9.17) is 10.0 Å². The zero-order chi connectivity index (χ0) is 9.84. The van der Waals surface area contributed by atoms with Crippen LogP contribution >= 0.6 is 0 Å².